The number of benzene rings is 2. The summed E-state index contributed by atoms with van der Waals surface area (Å²) in [6.07, 6.45) is 1.70. The van der Waals surface area contributed by atoms with Crippen LogP contribution in [0.1, 0.15) is 15.9 Å². The molecule has 0 aliphatic carbocycles. The summed E-state index contributed by atoms with van der Waals surface area (Å²) in [7, 11) is 0. The zero-order valence-corrected chi connectivity index (χ0v) is 11.9. The highest BCUT2D eigenvalue weighted by atomic mass is 32.1. The second kappa shape index (κ2) is 4.79. The summed E-state index contributed by atoms with van der Waals surface area (Å²) in [4.78, 5) is 17.3. The van der Waals surface area contributed by atoms with Crippen molar-refractivity contribution in [1.29, 1.82) is 0 Å². The number of carbonyl (C=O) groups is 1. The Bertz CT molecular complexity index is 966. The number of ketones is 1. The molecule has 0 saturated heterocycles. The molecular formula is C18H11NOS. The Morgan fingerprint density at radius 3 is 2.76 bits per heavy atom. The highest BCUT2D eigenvalue weighted by molar-refractivity contribution is 7.17. The quantitative estimate of drug-likeness (QED) is 0.501. The van der Waals surface area contributed by atoms with Crippen LogP contribution >= 0.6 is 11.3 Å². The van der Waals surface area contributed by atoms with Crippen molar-refractivity contribution >= 4 is 38.1 Å². The van der Waals surface area contributed by atoms with Gasteiger partial charge in [0, 0.05) is 27.4 Å². The van der Waals surface area contributed by atoms with Gasteiger partial charge in [0.2, 0.25) is 0 Å². The number of hydrogen-bond donors (Lipinski definition) is 0. The van der Waals surface area contributed by atoms with Crippen LogP contribution in [0.5, 0.6) is 0 Å². The lowest BCUT2D eigenvalue weighted by Crippen LogP contribution is -2.02. The summed E-state index contributed by atoms with van der Waals surface area (Å²) in [5.41, 5.74) is 2.32. The van der Waals surface area contributed by atoms with E-state index in [1.807, 2.05) is 53.9 Å². The number of hydrogen-bond acceptors (Lipinski definition) is 3. The van der Waals surface area contributed by atoms with Crippen molar-refractivity contribution in [2.75, 3.05) is 0 Å². The molecule has 0 radical (unpaired) electrons. The van der Waals surface area contributed by atoms with Crippen molar-refractivity contribution in [3.05, 3.63) is 77.3 Å². The highest BCUT2D eigenvalue weighted by Gasteiger charge is 2.15. The van der Waals surface area contributed by atoms with Crippen LogP contribution in [0.2, 0.25) is 0 Å². The van der Waals surface area contributed by atoms with E-state index in [4.69, 9.17) is 0 Å². The fourth-order valence-corrected chi connectivity index (χ4v) is 3.52. The van der Waals surface area contributed by atoms with Gasteiger partial charge < -0.3 is 0 Å². The zero-order chi connectivity index (χ0) is 14.2. The predicted octanol–water partition coefficient (Wildman–Crippen LogP) is 4.68. The Kier molecular flexibility index (Phi) is 2.79. The third kappa shape index (κ3) is 1.94. The molecule has 0 fully saturated rings. The van der Waals surface area contributed by atoms with Crippen LogP contribution in [0.25, 0.3) is 21.0 Å². The standard InChI is InChI=1S/C18H11NOS/c20-17(15-6-3-4-12-9-11-21-18(12)15)14-8-10-19-16-7-2-1-5-13(14)16/h1-11H. The summed E-state index contributed by atoms with van der Waals surface area (Å²) >= 11 is 1.61. The van der Waals surface area contributed by atoms with E-state index in [1.54, 1.807) is 23.6 Å². The van der Waals surface area contributed by atoms with Gasteiger partial charge in [0.25, 0.3) is 0 Å². The fraction of sp³-hybridized carbons (Fsp3) is 0. The fourth-order valence-electron chi connectivity index (χ4n) is 2.61. The Balaban J connectivity index is 1.97. The summed E-state index contributed by atoms with van der Waals surface area (Å²) in [5.74, 6) is 0.0571. The predicted molar refractivity (Wildman–Crippen MR) is 87.0 cm³/mol. The normalized spacial score (nSPS) is 11.0. The van der Waals surface area contributed by atoms with Gasteiger partial charge in [-0.05, 0) is 35.0 Å². The first-order valence-corrected chi connectivity index (χ1v) is 7.57. The van der Waals surface area contributed by atoms with Crippen LogP contribution in [-0.2, 0) is 0 Å². The minimum absolute atomic E-state index is 0.0571. The SMILES string of the molecule is O=C(c1ccnc2ccccc12)c1cccc2ccsc12. The summed E-state index contributed by atoms with van der Waals surface area (Å²) in [6.45, 7) is 0. The maximum atomic E-state index is 13.0. The van der Waals surface area contributed by atoms with Crippen LogP contribution in [-0.4, -0.2) is 10.8 Å². The highest BCUT2D eigenvalue weighted by Crippen LogP contribution is 2.28. The average Bonchev–Trinajstić information content (AvgIpc) is 3.02. The first-order valence-electron chi connectivity index (χ1n) is 6.69. The van der Waals surface area contributed by atoms with E-state index in [0.29, 0.717) is 5.56 Å². The molecular weight excluding hydrogens is 278 g/mol. The number of thiophene rings is 1. The van der Waals surface area contributed by atoms with Gasteiger partial charge >= 0.3 is 0 Å². The van der Waals surface area contributed by atoms with E-state index in [9.17, 15) is 4.79 Å². The molecule has 2 aromatic carbocycles. The molecule has 0 spiro atoms. The van der Waals surface area contributed by atoms with Gasteiger partial charge in [0.1, 0.15) is 0 Å². The number of aromatic nitrogens is 1. The maximum Gasteiger partial charge on any atom is 0.195 e. The topological polar surface area (TPSA) is 30.0 Å². The van der Waals surface area contributed by atoms with Crippen LogP contribution < -0.4 is 0 Å². The lowest BCUT2D eigenvalue weighted by molar-refractivity contribution is 0.104. The van der Waals surface area contributed by atoms with Gasteiger partial charge in [-0.25, -0.2) is 0 Å². The van der Waals surface area contributed by atoms with E-state index < -0.39 is 0 Å². The number of carbonyl (C=O) groups excluding carboxylic acids is 1. The Morgan fingerprint density at radius 1 is 0.905 bits per heavy atom. The molecule has 21 heavy (non-hydrogen) atoms. The monoisotopic (exact) mass is 289 g/mol. The van der Waals surface area contributed by atoms with Crippen molar-refractivity contribution in [2.45, 2.75) is 0 Å². The molecule has 0 saturated carbocycles. The van der Waals surface area contributed by atoms with E-state index in [-0.39, 0.29) is 5.78 Å². The minimum atomic E-state index is 0.0571. The smallest absolute Gasteiger partial charge is 0.195 e. The Hall–Kier alpha value is -2.52. The van der Waals surface area contributed by atoms with Crippen LogP contribution in [0.4, 0.5) is 0 Å². The molecule has 2 aromatic heterocycles. The second-order valence-corrected chi connectivity index (χ2v) is 5.77. The van der Waals surface area contributed by atoms with Gasteiger partial charge in [-0.2, -0.15) is 0 Å². The van der Waals surface area contributed by atoms with Crippen LogP contribution in [0.3, 0.4) is 0 Å². The summed E-state index contributed by atoms with van der Waals surface area (Å²) in [5, 5.41) is 4.04. The van der Waals surface area contributed by atoms with Gasteiger partial charge in [-0.1, -0.05) is 30.3 Å². The van der Waals surface area contributed by atoms with E-state index in [0.717, 1.165) is 26.6 Å². The molecule has 0 aliphatic rings. The molecule has 4 rings (SSSR count). The van der Waals surface area contributed by atoms with Gasteiger partial charge in [-0.3, -0.25) is 9.78 Å². The van der Waals surface area contributed by atoms with E-state index in [1.165, 1.54) is 0 Å². The first kappa shape index (κ1) is 12.2. The molecule has 3 heteroatoms. The number of nitrogens with zero attached hydrogens (tertiary/aromatic N) is 1. The van der Waals surface area contributed by atoms with Crippen molar-refractivity contribution in [1.82, 2.24) is 4.98 Å². The second-order valence-electron chi connectivity index (χ2n) is 4.85. The average molecular weight is 289 g/mol. The Morgan fingerprint density at radius 2 is 1.81 bits per heavy atom. The van der Waals surface area contributed by atoms with Crippen molar-refractivity contribution in [3.8, 4) is 0 Å². The minimum Gasteiger partial charge on any atom is -0.289 e. The van der Waals surface area contributed by atoms with Crippen LogP contribution in [0.15, 0.2) is 66.2 Å². The molecule has 0 aliphatic heterocycles. The number of para-hydroxylation sites is 1. The van der Waals surface area contributed by atoms with E-state index in [2.05, 4.69) is 4.98 Å². The molecule has 0 unspecified atom stereocenters. The third-order valence-corrected chi connectivity index (χ3v) is 4.58. The molecule has 100 valence electrons. The van der Waals surface area contributed by atoms with Gasteiger partial charge in [0.05, 0.1) is 5.52 Å². The van der Waals surface area contributed by atoms with Gasteiger partial charge in [-0.15, -0.1) is 11.3 Å². The molecule has 2 heterocycles. The first-order chi connectivity index (χ1) is 10.3. The van der Waals surface area contributed by atoms with Crippen molar-refractivity contribution in [3.63, 3.8) is 0 Å². The maximum absolute atomic E-state index is 13.0. The number of pyridine rings is 1. The summed E-state index contributed by atoms with van der Waals surface area (Å²) in [6, 6.07) is 17.5. The van der Waals surface area contributed by atoms with Crippen LogP contribution in [0, 0.1) is 0 Å². The summed E-state index contributed by atoms with van der Waals surface area (Å²) < 4.78 is 1.04. The lowest BCUT2D eigenvalue weighted by Gasteiger charge is -2.06. The lowest BCUT2D eigenvalue weighted by atomic mass is 9.99. The van der Waals surface area contributed by atoms with E-state index >= 15 is 0 Å². The van der Waals surface area contributed by atoms with Crippen molar-refractivity contribution in [2.24, 2.45) is 0 Å². The molecule has 0 amide bonds. The molecule has 0 N–H and O–H groups in total. The largest absolute Gasteiger partial charge is 0.289 e. The molecule has 4 aromatic rings. The molecule has 2 nitrogen and oxygen atoms in total. The van der Waals surface area contributed by atoms with Crippen molar-refractivity contribution < 1.29 is 4.79 Å². The Labute approximate surface area is 125 Å². The molecule has 0 atom stereocenters. The van der Waals surface area contributed by atoms with Gasteiger partial charge in [0.15, 0.2) is 5.78 Å². The zero-order valence-electron chi connectivity index (χ0n) is 11.1. The molecule has 0 bridgehead atoms. The number of rotatable bonds is 2. The third-order valence-electron chi connectivity index (χ3n) is 3.62. The number of fused-ring (bicyclic) bond motifs is 2.